The van der Waals surface area contributed by atoms with Gasteiger partial charge in [0.2, 0.25) is 0 Å². The van der Waals surface area contributed by atoms with Crippen LogP contribution in [-0.4, -0.2) is 32.8 Å². The monoisotopic (exact) mass is 311 g/mol. The Morgan fingerprint density at radius 1 is 1.33 bits per heavy atom. The molecule has 1 aromatic carbocycles. The van der Waals surface area contributed by atoms with Gasteiger partial charge in [0.05, 0.1) is 11.1 Å². The number of hydrogen-bond donors (Lipinski definition) is 3. The Balaban J connectivity index is 2.05. The number of nitrogens with one attached hydrogen (secondary N) is 3. The lowest BCUT2D eigenvalue weighted by molar-refractivity contribution is 0.0932. The Hall–Kier alpha value is -1.44. The summed E-state index contributed by atoms with van der Waals surface area (Å²) in [5.41, 5.74) is 6.51. The minimum absolute atomic E-state index is 0.146. The van der Waals surface area contributed by atoms with Gasteiger partial charge in [-0.1, -0.05) is 19.9 Å². The SMILES string of the molecule is CC(C)C1CC(NC(=O)c2cccc(S(C)(=O)=O)c2)NN1. The fourth-order valence-electron chi connectivity index (χ4n) is 2.22. The quantitative estimate of drug-likeness (QED) is 0.761. The van der Waals surface area contributed by atoms with Crippen molar-refractivity contribution < 1.29 is 13.2 Å². The zero-order valence-electron chi connectivity index (χ0n) is 12.4. The van der Waals surface area contributed by atoms with Crippen LogP contribution in [0.15, 0.2) is 29.2 Å². The number of hydrazine groups is 1. The van der Waals surface area contributed by atoms with Crippen LogP contribution in [0.25, 0.3) is 0 Å². The highest BCUT2D eigenvalue weighted by Gasteiger charge is 2.27. The van der Waals surface area contributed by atoms with E-state index in [-0.39, 0.29) is 17.0 Å². The first-order valence-electron chi connectivity index (χ1n) is 6.89. The Bertz CT molecular complexity index is 628. The summed E-state index contributed by atoms with van der Waals surface area (Å²) in [5, 5.41) is 2.85. The van der Waals surface area contributed by atoms with Crippen molar-refractivity contribution in [3.05, 3.63) is 29.8 Å². The molecule has 1 fully saturated rings. The molecular formula is C14H21N3O3S. The van der Waals surface area contributed by atoms with E-state index in [1.54, 1.807) is 12.1 Å². The third-order valence-corrected chi connectivity index (χ3v) is 4.68. The summed E-state index contributed by atoms with van der Waals surface area (Å²) in [6.45, 7) is 4.22. The molecule has 0 radical (unpaired) electrons. The normalized spacial score (nSPS) is 22.5. The van der Waals surface area contributed by atoms with Crippen molar-refractivity contribution >= 4 is 15.7 Å². The van der Waals surface area contributed by atoms with Gasteiger partial charge in [-0.2, -0.15) is 0 Å². The Kier molecular flexibility index (Phi) is 4.65. The number of amides is 1. The summed E-state index contributed by atoms with van der Waals surface area (Å²) >= 11 is 0. The van der Waals surface area contributed by atoms with Crippen LogP contribution in [0.4, 0.5) is 0 Å². The van der Waals surface area contributed by atoms with Crippen LogP contribution in [0.5, 0.6) is 0 Å². The highest BCUT2D eigenvalue weighted by atomic mass is 32.2. The van der Waals surface area contributed by atoms with Crippen LogP contribution in [0.3, 0.4) is 0 Å². The van der Waals surface area contributed by atoms with Gasteiger partial charge in [-0.15, -0.1) is 0 Å². The molecular weight excluding hydrogens is 290 g/mol. The lowest BCUT2D eigenvalue weighted by atomic mass is 10.0. The highest BCUT2D eigenvalue weighted by Crippen LogP contribution is 2.14. The molecule has 0 bridgehead atoms. The lowest BCUT2D eigenvalue weighted by Gasteiger charge is -2.13. The van der Waals surface area contributed by atoms with Crippen molar-refractivity contribution in [2.75, 3.05) is 6.26 Å². The minimum Gasteiger partial charge on any atom is -0.335 e. The zero-order valence-corrected chi connectivity index (χ0v) is 13.2. The first-order valence-corrected chi connectivity index (χ1v) is 8.78. The van der Waals surface area contributed by atoms with Crippen molar-refractivity contribution in [2.45, 2.75) is 37.4 Å². The number of carbonyl (C=O) groups excluding carboxylic acids is 1. The van der Waals surface area contributed by atoms with Gasteiger partial charge in [0, 0.05) is 17.9 Å². The predicted molar refractivity (Wildman–Crippen MR) is 80.3 cm³/mol. The van der Waals surface area contributed by atoms with Gasteiger partial charge in [0.25, 0.3) is 5.91 Å². The second-order valence-corrected chi connectivity index (χ2v) is 7.72. The summed E-state index contributed by atoms with van der Waals surface area (Å²) in [5.74, 6) is 0.178. The number of benzene rings is 1. The van der Waals surface area contributed by atoms with Crippen LogP contribution < -0.4 is 16.2 Å². The van der Waals surface area contributed by atoms with Gasteiger partial charge in [-0.25, -0.2) is 13.8 Å². The molecule has 0 spiro atoms. The van der Waals surface area contributed by atoms with Crippen molar-refractivity contribution in [1.29, 1.82) is 0 Å². The fraction of sp³-hybridized carbons (Fsp3) is 0.500. The third kappa shape index (κ3) is 4.03. The van der Waals surface area contributed by atoms with Gasteiger partial charge in [0.15, 0.2) is 9.84 Å². The smallest absolute Gasteiger partial charge is 0.252 e. The summed E-state index contributed by atoms with van der Waals surface area (Å²) in [7, 11) is -3.31. The van der Waals surface area contributed by atoms with E-state index in [1.165, 1.54) is 12.1 Å². The summed E-state index contributed by atoms with van der Waals surface area (Å²) in [6.07, 6.45) is 1.75. The maximum absolute atomic E-state index is 12.2. The summed E-state index contributed by atoms with van der Waals surface area (Å²) in [6, 6.07) is 6.36. The van der Waals surface area contributed by atoms with Gasteiger partial charge in [-0.3, -0.25) is 10.2 Å². The van der Waals surface area contributed by atoms with E-state index < -0.39 is 9.84 Å². The third-order valence-electron chi connectivity index (χ3n) is 3.57. The summed E-state index contributed by atoms with van der Waals surface area (Å²) in [4.78, 5) is 12.3. The number of carbonyl (C=O) groups is 1. The Labute approximate surface area is 125 Å². The van der Waals surface area contributed by atoms with Crippen molar-refractivity contribution in [3.8, 4) is 0 Å². The molecule has 1 amide bonds. The Morgan fingerprint density at radius 2 is 2.05 bits per heavy atom. The first-order chi connectivity index (χ1) is 9.77. The number of sulfone groups is 1. The molecule has 6 nitrogen and oxygen atoms in total. The highest BCUT2D eigenvalue weighted by molar-refractivity contribution is 7.90. The van der Waals surface area contributed by atoms with Crippen LogP contribution >= 0.6 is 0 Å². The van der Waals surface area contributed by atoms with Gasteiger partial charge >= 0.3 is 0 Å². The van der Waals surface area contributed by atoms with E-state index in [0.29, 0.717) is 17.5 Å². The van der Waals surface area contributed by atoms with Gasteiger partial charge < -0.3 is 5.32 Å². The van der Waals surface area contributed by atoms with Crippen molar-refractivity contribution in [2.24, 2.45) is 5.92 Å². The van der Waals surface area contributed by atoms with Crippen LogP contribution in [0.1, 0.15) is 30.6 Å². The van der Waals surface area contributed by atoms with E-state index in [0.717, 1.165) is 12.7 Å². The molecule has 1 heterocycles. The molecule has 1 aliphatic rings. The molecule has 116 valence electrons. The van der Waals surface area contributed by atoms with E-state index in [9.17, 15) is 13.2 Å². The van der Waals surface area contributed by atoms with E-state index in [2.05, 4.69) is 30.0 Å². The number of rotatable bonds is 4. The molecule has 2 unspecified atom stereocenters. The maximum atomic E-state index is 12.2. The predicted octanol–water partition coefficient (Wildman–Crippen LogP) is 0.668. The molecule has 0 saturated carbocycles. The average Bonchev–Trinajstić information content (AvgIpc) is 2.86. The largest absolute Gasteiger partial charge is 0.335 e. The molecule has 3 N–H and O–H groups in total. The molecule has 1 saturated heterocycles. The van der Waals surface area contributed by atoms with E-state index in [4.69, 9.17) is 0 Å². The molecule has 1 aliphatic heterocycles. The maximum Gasteiger partial charge on any atom is 0.252 e. The molecule has 2 rings (SSSR count). The van der Waals surface area contributed by atoms with Crippen molar-refractivity contribution in [3.63, 3.8) is 0 Å². The Morgan fingerprint density at radius 3 is 2.62 bits per heavy atom. The second-order valence-electron chi connectivity index (χ2n) is 5.70. The second kappa shape index (κ2) is 6.13. The molecule has 2 atom stereocenters. The first kappa shape index (κ1) is 15.9. The van der Waals surface area contributed by atoms with E-state index in [1.807, 2.05) is 0 Å². The zero-order chi connectivity index (χ0) is 15.6. The molecule has 21 heavy (non-hydrogen) atoms. The van der Waals surface area contributed by atoms with Crippen LogP contribution in [-0.2, 0) is 9.84 Å². The average molecular weight is 311 g/mol. The molecule has 0 aromatic heterocycles. The standard InChI is InChI=1S/C14H21N3O3S/c1-9(2)12-8-13(17-16-12)15-14(18)10-5-4-6-11(7-10)21(3,19)20/h4-7,9,12-13,16-17H,8H2,1-3H3,(H,15,18). The van der Waals surface area contributed by atoms with Crippen LogP contribution in [0.2, 0.25) is 0 Å². The van der Waals surface area contributed by atoms with Crippen LogP contribution in [0, 0.1) is 5.92 Å². The van der Waals surface area contributed by atoms with Gasteiger partial charge in [-0.05, 0) is 30.5 Å². The topological polar surface area (TPSA) is 87.3 Å². The fourth-order valence-corrected chi connectivity index (χ4v) is 2.89. The van der Waals surface area contributed by atoms with E-state index >= 15 is 0 Å². The molecule has 1 aromatic rings. The minimum atomic E-state index is -3.31. The summed E-state index contributed by atoms with van der Waals surface area (Å²) < 4.78 is 23.0. The number of hydrogen-bond acceptors (Lipinski definition) is 5. The molecule has 7 heteroatoms. The molecule has 0 aliphatic carbocycles. The lowest BCUT2D eigenvalue weighted by Crippen LogP contribution is -2.44. The van der Waals surface area contributed by atoms with Gasteiger partial charge in [0.1, 0.15) is 0 Å². The van der Waals surface area contributed by atoms with Crippen molar-refractivity contribution in [1.82, 2.24) is 16.2 Å².